The van der Waals surface area contributed by atoms with E-state index in [0.717, 1.165) is 18.9 Å². The van der Waals surface area contributed by atoms with E-state index in [1.54, 1.807) is 0 Å². The van der Waals surface area contributed by atoms with Crippen LogP contribution in [0.4, 0.5) is 5.82 Å². The first-order valence-corrected chi connectivity index (χ1v) is 4.72. The molecule has 1 aromatic rings. The lowest BCUT2D eigenvalue weighted by Gasteiger charge is -2.24. The van der Waals surface area contributed by atoms with Crippen molar-refractivity contribution in [1.29, 1.82) is 0 Å². The van der Waals surface area contributed by atoms with Crippen LogP contribution in [0.5, 0.6) is 0 Å². The molecule has 0 spiro atoms. The molecule has 0 aromatic carbocycles. The number of aromatic nitrogens is 1. The molecule has 3 nitrogen and oxygen atoms in total. The van der Waals surface area contributed by atoms with Gasteiger partial charge in [-0.25, -0.2) is 4.98 Å². The number of pyridine rings is 1. The fourth-order valence-electron chi connectivity index (χ4n) is 1.72. The lowest BCUT2D eigenvalue weighted by atomic mass is 10.2. The molecule has 2 heterocycles. The van der Waals surface area contributed by atoms with Gasteiger partial charge in [0.25, 0.3) is 0 Å². The van der Waals surface area contributed by atoms with Crippen LogP contribution in [0, 0.1) is 0 Å². The predicted molar refractivity (Wildman–Crippen MR) is 53.9 cm³/mol. The molecular weight excluding hydrogens is 162 g/mol. The third kappa shape index (κ3) is 1.80. The molecule has 0 saturated carbocycles. The third-order valence-corrected chi connectivity index (χ3v) is 2.59. The van der Waals surface area contributed by atoms with E-state index in [4.69, 9.17) is 0 Å². The highest BCUT2D eigenvalue weighted by molar-refractivity contribution is 5.38. The summed E-state index contributed by atoms with van der Waals surface area (Å²) in [4.78, 5) is 6.57. The molecule has 1 fully saturated rings. The Morgan fingerprint density at radius 2 is 2.46 bits per heavy atom. The van der Waals surface area contributed by atoms with Crippen LogP contribution in [0.15, 0.2) is 24.4 Å². The largest absolute Gasteiger partial charge is 0.355 e. The van der Waals surface area contributed by atoms with Crippen molar-refractivity contribution in [3.05, 3.63) is 24.4 Å². The molecule has 0 aliphatic carbocycles. The second-order valence-electron chi connectivity index (χ2n) is 3.45. The Balaban J connectivity index is 2.08. The summed E-state index contributed by atoms with van der Waals surface area (Å²) >= 11 is 0. The van der Waals surface area contributed by atoms with Gasteiger partial charge in [-0.3, -0.25) is 0 Å². The number of anilines is 1. The minimum absolute atomic E-state index is 0.606. The molecule has 2 rings (SSSR count). The second-order valence-corrected chi connectivity index (χ2v) is 3.45. The Bertz CT molecular complexity index is 254. The van der Waals surface area contributed by atoms with Gasteiger partial charge in [0.2, 0.25) is 0 Å². The zero-order valence-corrected chi connectivity index (χ0v) is 7.90. The van der Waals surface area contributed by atoms with E-state index in [2.05, 4.69) is 28.3 Å². The molecule has 3 heteroatoms. The smallest absolute Gasteiger partial charge is 0.128 e. The van der Waals surface area contributed by atoms with E-state index < -0.39 is 0 Å². The molecular formula is C10H15N3. The van der Waals surface area contributed by atoms with Crippen LogP contribution in [0.3, 0.4) is 0 Å². The van der Waals surface area contributed by atoms with E-state index in [9.17, 15) is 0 Å². The molecule has 1 aliphatic heterocycles. The normalized spacial score (nSPS) is 21.8. The average molecular weight is 177 g/mol. The van der Waals surface area contributed by atoms with Crippen molar-refractivity contribution in [1.82, 2.24) is 10.3 Å². The predicted octanol–water partition coefficient (Wildman–Crippen LogP) is 0.880. The van der Waals surface area contributed by atoms with E-state index in [1.165, 1.54) is 6.42 Å². The highest BCUT2D eigenvalue weighted by atomic mass is 15.2. The maximum atomic E-state index is 4.32. The first-order chi connectivity index (χ1) is 6.38. The van der Waals surface area contributed by atoms with Crippen molar-refractivity contribution in [2.45, 2.75) is 12.5 Å². The van der Waals surface area contributed by atoms with Crippen molar-refractivity contribution in [3.63, 3.8) is 0 Å². The lowest BCUT2D eigenvalue weighted by molar-refractivity contribution is 0.678. The van der Waals surface area contributed by atoms with Gasteiger partial charge in [0.05, 0.1) is 0 Å². The van der Waals surface area contributed by atoms with Crippen molar-refractivity contribution in [2.75, 3.05) is 25.0 Å². The summed E-state index contributed by atoms with van der Waals surface area (Å²) in [6.07, 6.45) is 3.06. The van der Waals surface area contributed by atoms with Crippen molar-refractivity contribution in [2.24, 2.45) is 0 Å². The van der Waals surface area contributed by atoms with Crippen LogP contribution in [0.1, 0.15) is 6.42 Å². The minimum Gasteiger partial charge on any atom is -0.355 e. The molecule has 0 radical (unpaired) electrons. The molecule has 1 saturated heterocycles. The zero-order valence-electron chi connectivity index (χ0n) is 7.90. The summed E-state index contributed by atoms with van der Waals surface area (Å²) in [6.45, 7) is 2.20. The molecule has 1 aliphatic rings. The first kappa shape index (κ1) is 8.51. The molecule has 1 atom stereocenters. The third-order valence-electron chi connectivity index (χ3n) is 2.59. The fraction of sp³-hybridized carbons (Fsp3) is 0.500. The van der Waals surface area contributed by atoms with Gasteiger partial charge in [-0.15, -0.1) is 0 Å². The maximum Gasteiger partial charge on any atom is 0.128 e. The molecule has 0 amide bonds. The number of hydrogen-bond donors (Lipinski definition) is 1. The summed E-state index contributed by atoms with van der Waals surface area (Å²) in [7, 11) is 2.11. The van der Waals surface area contributed by atoms with Gasteiger partial charge in [-0.1, -0.05) is 6.07 Å². The standard InChI is InChI=1S/C10H15N3/c1-13(9-5-7-11-8-9)10-4-2-3-6-12-10/h2-4,6,9,11H,5,7-8H2,1H3/t9-/m1/s1. The van der Waals surface area contributed by atoms with E-state index >= 15 is 0 Å². The first-order valence-electron chi connectivity index (χ1n) is 4.72. The Morgan fingerprint density at radius 3 is 3.08 bits per heavy atom. The number of hydrogen-bond acceptors (Lipinski definition) is 3. The van der Waals surface area contributed by atoms with Gasteiger partial charge < -0.3 is 10.2 Å². The number of rotatable bonds is 2. The Hall–Kier alpha value is -1.09. The quantitative estimate of drug-likeness (QED) is 0.727. The van der Waals surface area contributed by atoms with Crippen LogP contribution in [-0.4, -0.2) is 31.2 Å². The van der Waals surface area contributed by atoms with Crippen LogP contribution in [0.25, 0.3) is 0 Å². The zero-order chi connectivity index (χ0) is 9.10. The van der Waals surface area contributed by atoms with Crippen LogP contribution >= 0.6 is 0 Å². The van der Waals surface area contributed by atoms with Gasteiger partial charge >= 0.3 is 0 Å². The number of likely N-dealkylation sites (N-methyl/N-ethyl adjacent to an activating group) is 1. The summed E-state index contributed by atoms with van der Waals surface area (Å²) < 4.78 is 0. The highest BCUT2D eigenvalue weighted by Crippen LogP contribution is 2.14. The molecule has 70 valence electrons. The van der Waals surface area contributed by atoms with Gasteiger partial charge in [0.1, 0.15) is 5.82 Å². The van der Waals surface area contributed by atoms with Crippen molar-refractivity contribution >= 4 is 5.82 Å². The highest BCUT2D eigenvalue weighted by Gasteiger charge is 2.19. The van der Waals surface area contributed by atoms with E-state index in [1.807, 2.05) is 18.3 Å². The van der Waals surface area contributed by atoms with Crippen molar-refractivity contribution < 1.29 is 0 Å². The molecule has 1 aromatic heterocycles. The topological polar surface area (TPSA) is 28.2 Å². The molecule has 1 N–H and O–H groups in total. The van der Waals surface area contributed by atoms with Crippen LogP contribution < -0.4 is 10.2 Å². The number of nitrogens with zero attached hydrogens (tertiary/aromatic N) is 2. The van der Waals surface area contributed by atoms with Crippen LogP contribution in [-0.2, 0) is 0 Å². The lowest BCUT2D eigenvalue weighted by Crippen LogP contribution is -2.33. The summed E-state index contributed by atoms with van der Waals surface area (Å²) in [5.74, 6) is 1.07. The van der Waals surface area contributed by atoms with Gasteiger partial charge in [0, 0.05) is 25.8 Å². The van der Waals surface area contributed by atoms with E-state index in [0.29, 0.717) is 6.04 Å². The Labute approximate surface area is 78.8 Å². The number of nitrogens with one attached hydrogen (secondary N) is 1. The SMILES string of the molecule is CN(c1ccccn1)[C@@H]1CCNC1. The summed E-state index contributed by atoms with van der Waals surface area (Å²) in [5.41, 5.74) is 0. The summed E-state index contributed by atoms with van der Waals surface area (Å²) in [6, 6.07) is 6.64. The van der Waals surface area contributed by atoms with Gasteiger partial charge in [-0.2, -0.15) is 0 Å². The molecule has 0 unspecified atom stereocenters. The Morgan fingerprint density at radius 1 is 1.54 bits per heavy atom. The fourth-order valence-corrected chi connectivity index (χ4v) is 1.72. The maximum absolute atomic E-state index is 4.32. The average Bonchev–Trinajstić information content (AvgIpc) is 2.71. The second kappa shape index (κ2) is 3.75. The monoisotopic (exact) mass is 177 g/mol. The van der Waals surface area contributed by atoms with Gasteiger partial charge in [0.15, 0.2) is 0 Å². The van der Waals surface area contributed by atoms with E-state index in [-0.39, 0.29) is 0 Å². The Kier molecular flexibility index (Phi) is 2.45. The molecule has 13 heavy (non-hydrogen) atoms. The van der Waals surface area contributed by atoms with Gasteiger partial charge in [-0.05, 0) is 25.1 Å². The summed E-state index contributed by atoms with van der Waals surface area (Å²) in [5, 5.41) is 3.35. The minimum atomic E-state index is 0.606. The van der Waals surface area contributed by atoms with Crippen LogP contribution in [0.2, 0.25) is 0 Å². The molecule has 0 bridgehead atoms. The van der Waals surface area contributed by atoms with Crippen molar-refractivity contribution in [3.8, 4) is 0 Å².